The summed E-state index contributed by atoms with van der Waals surface area (Å²) in [5, 5.41) is 5.15. The Morgan fingerprint density at radius 1 is 1.19 bits per heavy atom. The summed E-state index contributed by atoms with van der Waals surface area (Å²) >= 11 is 5.94. The Bertz CT molecular complexity index is 1080. The number of nitrogens with zero attached hydrogens (tertiary/aromatic N) is 1. The van der Waals surface area contributed by atoms with Crippen molar-refractivity contribution >= 4 is 33.3 Å². The van der Waals surface area contributed by atoms with Gasteiger partial charge in [0.1, 0.15) is 4.90 Å². The Morgan fingerprint density at radius 3 is 2.53 bits per heavy atom. The first kappa shape index (κ1) is 24.3. The summed E-state index contributed by atoms with van der Waals surface area (Å²) in [4.78, 5) is 11.6. The Labute approximate surface area is 189 Å². The van der Waals surface area contributed by atoms with E-state index in [1.165, 1.54) is 0 Å². The molecule has 2 aromatic carbocycles. The minimum Gasteiger partial charge on any atom is -0.338 e. The second kappa shape index (κ2) is 9.68. The van der Waals surface area contributed by atoms with Crippen LogP contribution < -0.4 is 10.6 Å². The number of carbonyl (C=O) groups excluding carboxylic acids is 1. The van der Waals surface area contributed by atoms with Crippen molar-refractivity contribution in [2.45, 2.75) is 30.8 Å². The molecular formula is C21H23ClF3N3O3S. The van der Waals surface area contributed by atoms with E-state index in [4.69, 9.17) is 11.6 Å². The molecule has 6 nitrogen and oxygen atoms in total. The number of hydrogen-bond acceptors (Lipinski definition) is 3. The lowest BCUT2D eigenvalue weighted by molar-refractivity contribution is -0.137. The number of piperidine rings is 1. The van der Waals surface area contributed by atoms with E-state index in [1.54, 1.807) is 12.1 Å². The van der Waals surface area contributed by atoms with Gasteiger partial charge in [0, 0.05) is 25.3 Å². The van der Waals surface area contributed by atoms with Crippen LogP contribution in [0.5, 0.6) is 0 Å². The van der Waals surface area contributed by atoms with Crippen molar-refractivity contribution in [2.24, 2.45) is 5.92 Å². The number of carbonyl (C=O) groups is 1. The maximum atomic E-state index is 13.0. The predicted octanol–water partition coefficient (Wildman–Crippen LogP) is 4.89. The fourth-order valence-electron chi connectivity index (χ4n) is 3.48. The number of rotatable bonds is 5. The first-order chi connectivity index (χ1) is 15.0. The molecule has 0 aromatic heterocycles. The Hall–Kier alpha value is -2.30. The van der Waals surface area contributed by atoms with Crippen LogP contribution >= 0.6 is 11.6 Å². The molecule has 1 aliphatic rings. The van der Waals surface area contributed by atoms with Crippen molar-refractivity contribution in [1.82, 2.24) is 9.62 Å². The predicted molar refractivity (Wildman–Crippen MR) is 116 cm³/mol. The highest BCUT2D eigenvalue weighted by Crippen LogP contribution is 2.35. The monoisotopic (exact) mass is 489 g/mol. The quantitative estimate of drug-likeness (QED) is 0.627. The molecule has 0 radical (unpaired) electrons. The van der Waals surface area contributed by atoms with Gasteiger partial charge in [-0.1, -0.05) is 29.3 Å². The zero-order chi connectivity index (χ0) is 23.5. The summed E-state index contributed by atoms with van der Waals surface area (Å²) < 4.78 is 66.3. The largest absolute Gasteiger partial charge is 0.416 e. The molecule has 11 heteroatoms. The van der Waals surface area contributed by atoms with Gasteiger partial charge in [-0.25, -0.2) is 13.2 Å². The number of aryl methyl sites for hydroxylation is 1. The molecule has 3 rings (SSSR count). The van der Waals surface area contributed by atoms with Crippen molar-refractivity contribution in [2.75, 3.05) is 25.0 Å². The molecule has 1 fully saturated rings. The van der Waals surface area contributed by atoms with Gasteiger partial charge in [0.05, 0.1) is 10.6 Å². The van der Waals surface area contributed by atoms with Gasteiger partial charge < -0.3 is 10.6 Å². The van der Waals surface area contributed by atoms with E-state index < -0.39 is 32.7 Å². The van der Waals surface area contributed by atoms with Crippen LogP contribution in [0.1, 0.15) is 24.0 Å². The average molecular weight is 490 g/mol. The first-order valence-corrected chi connectivity index (χ1v) is 11.8. The fourth-order valence-corrected chi connectivity index (χ4v) is 5.53. The molecule has 0 saturated carbocycles. The van der Waals surface area contributed by atoms with Crippen LogP contribution in [0, 0.1) is 12.8 Å². The van der Waals surface area contributed by atoms with E-state index in [0.29, 0.717) is 24.6 Å². The topological polar surface area (TPSA) is 78.5 Å². The highest BCUT2D eigenvalue weighted by Gasteiger charge is 2.36. The first-order valence-electron chi connectivity index (χ1n) is 9.95. The molecule has 1 aliphatic heterocycles. The Morgan fingerprint density at radius 2 is 1.88 bits per heavy atom. The molecule has 1 atom stereocenters. The molecular weight excluding hydrogens is 467 g/mol. The second-order valence-electron chi connectivity index (χ2n) is 7.72. The van der Waals surface area contributed by atoms with Gasteiger partial charge in [-0.3, -0.25) is 0 Å². The number of amides is 2. The number of sulfonamides is 1. The molecule has 174 valence electrons. The normalized spacial score (nSPS) is 17.7. The summed E-state index contributed by atoms with van der Waals surface area (Å²) in [6.45, 7) is 2.39. The number of urea groups is 1. The Balaban J connectivity index is 1.65. The van der Waals surface area contributed by atoms with Gasteiger partial charge in [0.2, 0.25) is 10.0 Å². The number of nitrogens with one attached hydrogen (secondary N) is 2. The Kier molecular flexibility index (Phi) is 7.36. The number of halogens is 4. The second-order valence-corrected chi connectivity index (χ2v) is 10.0. The minimum absolute atomic E-state index is 0.0692. The summed E-state index contributed by atoms with van der Waals surface area (Å²) in [7, 11) is -4.23. The van der Waals surface area contributed by atoms with Crippen molar-refractivity contribution in [3.8, 4) is 0 Å². The van der Waals surface area contributed by atoms with E-state index in [0.717, 1.165) is 22.0 Å². The van der Waals surface area contributed by atoms with Crippen LogP contribution in [0.15, 0.2) is 47.4 Å². The summed E-state index contributed by atoms with van der Waals surface area (Å²) in [5.41, 5.74) is 0.601. The van der Waals surface area contributed by atoms with Crippen molar-refractivity contribution in [3.63, 3.8) is 0 Å². The average Bonchev–Trinajstić information content (AvgIpc) is 2.73. The van der Waals surface area contributed by atoms with Crippen molar-refractivity contribution in [1.29, 1.82) is 0 Å². The van der Waals surface area contributed by atoms with Crippen molar-refractivity contribution in [3.05, 3.63) is 58.6 Å². The third kappa shape index (κ3) is 5.93. The molecule has 0 aliphatic carbocycles. The molecule has 2 amide bonds. The number of alkyl halides is 3. The molecule has 2 aromatic rings. The van der Waals surface area contributed by atoms with Gasteiger partial charge in [-0.2, -0.15) is 17.5 Å². The van der Waals surface area contributed by atoms with Gasteiger partial charge in [-0.15, -0.1) is 0 Å². The van der Waals surface area contributed by atoms with Crippen molar-refractivity contribution < 1.29 is 26.4 Å². The van der Waals surface area contributed by atoms with Crippen LogP contribution in [0.2, 0.25) is 5.02 Å². The van der Waals surface area contributed by atoms with Crippen LogP contribution in [-0.2, 0) is 16.2 Å². The smallest absolute Gasteiger partial charge is 0.338 e. The number of hydrogen-bond donors (Lipinski definition) is 2. The van der Waals surface area contributed by atoms with E-state index in [-0.39, 0.29) is 30.6 Å². The maximum Gasteiger partial charge on any atom is 0.416 e. The van der Waals surface area contributed by atoms with Gasteiger partial charge in [0.25, 0.3) is 0 Å². The molecule has 1 saturated heterocycles. The standard InChI is InChI=1S/C21H23ClF3N3O3S/c1-14-4-7-17(8-5-14)27-20(29)26-12-15-3-2-10-28(13-15)32(30,31)19-11-16(21(23,24)25)6-9-18(19)22/h4-9,11,15H,2-3,10,12-13H2,1H3,(H2,26,27,29). The van der Waals surface area contributed by atoms with E-state index in [9.17, 15) is 26.4 Å². The van der Waals surface area contributed by atoms with E-state index >= 15 is 0 Å². The molecule has 0 bridgehead atoms. The lowest BCUT2D eigenvalue weighted by atomic mass is 10.00. The number of anilines is 1. The lowest BCUT2D eigenvalue weighted by Crippen LogP contribution is -2.44. The van der Waals surface area contributed by atoms with Crippen LogP contribution in [0.3, 0.4) is 0 Å². The summed E-state index contributed by atoms with van der Waals surface area (Å²) in [6, 6.07) is 9.08. The van der Waals surface area contributed by atoms with Gasteiger partial charge >= 0.3 is 12.2 Å². The minimum atomic E-state index is -4.69. The molecule has 0 spiro atoms. The van der Waals surface area contributed by atoms with Crippen LogP contribution in [-0.4, -0.2) is 38.4 Å². The molecule has 2 N–H and O–H groups in total. The van der Waals surface area contributed by atoms with E-state index in [2.05, 4.69) is 10.6 Å². The zero-order valence-corrected chi connectivity index (χ0v) is 18.8. The maximum absolute atomic E-state index is 13.0. The zero-order valence-electron chi connectivity index (χ0n) is 17.2. The molecule has 1 heterocycles. The highest BCUT2D eigenvalue weighted by atomic mass is 35.5. The highest BCUT2D eigenvalue weighted by molar-refractivity contribution is 7.89. The summed E-state index contributed by atoms with van der Waals surface area (Å²) in [5.74, 6) is -0.188. The third-order valence-corrected chi connectivity index (χ3v) is 7.57. The van der Waals surface area contributed by atoms with Gasteiger partial charge in [-0.05, 0) is 56.0 Å². The SMILES string of the molecule is Cc1ccc(NC(=O)NCC2CCCN(S(=O)(=O)c3cc(C(F)(F)F)ccc3Cl)C2)cc1. The fraction of sp³-hybridized carbons (Fsp3) is 0.381. The molecule has 32 heavy (non-hydrogen) atoms. The third-order valence-electron chi connectivity index (χ3n) is 5.22. The lowest BCUT2D eigenvalue weighted by Gasteiger charge is -2.32. The summed E-state index contributed by atoms with van der Waals surface area (Å²) in [6.07, 6.45) is -3.50. The number of benzene rings is 2. The van der Waals surface area contributed by atoms with Crippen LogP contribution in [0.25, 0.3) is 0 Å². The van der Waals surface area contributed by atoms with E-state index in [1.807, 2.05) is 19.1 Å². The van der Waals surface area contributed by atoms with Crippen LogP contribution in [0.4, 0.5) is 23.7 Å². The van der Waals surface area contributed by atoms with Gasteiger partial charge in [0.15, 0.2) is 0 Å². The molecule has 1 unspecified atom stereocenters.